The van der Waals surface area contributed by atoms with E-state index in [4.69, 9.17) is 14.2 Å². The molecule has 1 N–H and O–H groups in total. The van der Waals surface area contributed by atoms with Crippen molar-refractivity contribution in [2.24, 2.45) is 0 Å². The number of ether oxygens (including phenoxy) is 1. The van der Waals surface area contributed by atoms with Crippen LogP contribution in [0.2, 0.25) is 0 Å². The first-order chi connectivity index (χ1) is 17.6. The first-order valence-corrected chi connectivity index (χ1v) is 12.0. The van der Waals surface area contributed by atoms with Gasteiger partial charge < -0.3 is 14.6 Å². The van der Waals surface area contributed by atoms with Crippen LogP contribution in [0.15, 0.2) is 89.1 Å². The molecule has 0 aliphatic carbocycles. The number of nitrogens with one attached hydrogen (secondary N) is 1. The summed E-state index contributed by atoms with van der Waals surface area (Å²) in [7, 11) is 1.63. The lowest BCUT2D eigenvalue weighted by molar-refractivity contribution is 0.203. The number of hydrogen-bond acceptors (Lipinski definition) is 5. The zero-order chi connectivity index (χ0) is 25.1. The van der Waals surface area contributed by atoms with E-state index in [1.54, 1.807) is 12.0 Å². The smallest absolute Gasteiger partial charge is 0.322 e. The van der Waals surface area contributed by atoms with Gasteiger partial charge in [-0.2, -0.15) is 4.98 Å². The quantitative estimate of drug-likeness (QED) is 0.351. The number of aryl methyl sites for hydroxylation is 1. The van der Waals surface area contributed by atoms with E-state index in [0.717, 1.165) is 40.1 Å². The number of allylic oxidation sites excluding steroid dienone is 1. The van der Waals surface area contributed by atoms with Crippen LogP contribution in [0.25, 0.3) is 17.0 Å². The lowest BCUT2D eigenvalue weighted by atomic mass is 9.94. The zero-order valence-corrected chi connectivity index (χ0v) is 20.6. The minimum atomic E-state index is -0.415. The highest BCUT2D eigenvalue weighted by molar-refractivity contribution is 5.86. The predicted octanol–water partition coefficient (Wildman–Crippen LogP) is 6.01. The molecule has 0 bridgehead atoms. The Morgan fingerprint density at radius 2 is 1.67 bits per heavy atom. The highest BCUT2D eigenvalue weighted by atomic mass is 16.5. The van der Waals surface area contributed by atoms with Gasteiger partial charge in [-0.25, -0.2) is 4.79 Å². The van der Waals surface area contributed by atoms with E-state index >= 15 is 0 Å². The Bertz CT molecular complexity index is 1380. The van der Waals surface area contributed by atoms with Crippen LogP contribution < -0.4 is 10.1 Å². The Labute approximate surface area is 210 Å². The average Bonchev–Trinajstić information content (AvgIpc) is 3.41. The summed E-state index contributed by atoms with van der Waals surface area (Å²) in [5.41, 5.74) is 5.61. The van der Waals surface area contributed by atoms with Gasteiger partial charge in [0.25, 0.3) is 5.89 Å². The fourth-order valence-electron chi connectivity index (χ4n) is 4.40. The summed E-state index contributed by atoms with van der Waals surface area (Å²) < 4.78 is 11.0. The van der Waals surface area contributed by atoms with Crippen molar-refractivity contribution in [1.82, 2.24) is 20.4 Å². The average molecular weight is 481 g/mol. The number of hydrogen-bond donors (Lipinski definition) is 1. The van der Waals surface area contributed by atoms with E-state index in [9.17, 15) is 4.79 Å². The molecular weight excluding hydrogens is 452 g/mol. The van der Waals surface area contributed by atoms with Crippen molar-refractivity contribution in [1.29, 1.82) is 0 Å². The number of rotatable bonds is 7. The third-order valence-corrected chi connectivity index (χ3v) is 6.51. The molecule has 7 nitrogen and oxygen atoms in total. The Kier molecular flexibility index (Phi) is 6.54. The molecule has 3 aromatic carbocycles. The van der Waals surface area contributed by atoms with E-state index in [0.29, 0.717) is 18.3 Å². The number of urea groups is 1. The van der Waals surface area contributed by atoms with Gasteiger partial charge in [0.05, 0.1) is 25.3 Å². The molecule has 1 unspecified atom stereocenters. The molecule has 1 aromatic heterocycles. The van der Waals surface area contributed by atoms with Crippen molar-refractivity contribution in [3.63, 3.8) is 0 Å². The van der Waals surface area contributed by atoms with Crippen molar-refractivity contribution >= 4 is 11.6 Å². The Morgan fingerprint density at radius 3 is 2.33 bits per heavy atom. The second-order valence-electron chi connectivity index (χ2n) is 8.70. The molecule has 1 aliphatic rings. The molecular formula is C29H28N4O3. The number of nitrogens with zero attached hydrogens (tertiary/aromatic N) is 3. The molecule has 36 heavy (non-hydrogen) atoms. The van der Waals surface area contributed by atoms with Gasteiger partial charge in [-0.3, -0.25) is 4.90 Å². The molecule has 0 saturated heterocycles. The molecule has 4 aromatic rings. The lowest BCUT2D eigenvalue weighted by Gasteiger charge is -2.35. The predicted molar refractivity (Wildman–Crippen MR) is 138 cm³/mol. The number of amides is 2. The van der Waals surface area contributed by atoms with Gasteiger partial charge >= 0.3 is 6.03 Å². The topological polar surface area (TPSA) is 80.5 Å². The van der Waals surface area contributed by atoms with Crippen LogP contribution in [0.1, 0.15) is 42.5 Å². The number of carbonyl (C=O) groups excluding carboxylic acids is 1. The molecule has 2 heterocycles. The van der Waals surface area contributed by atoms with Crippen LogP contribution in [0.3, 0.4) is 0 Å². The van der Waals surface area contributed by atoms with Crippen molar-refractivity contribution in [2.75, 3.05) is 7.11 Å². The summed E-state index contributed by atoms with van der Waals surface area (Å²) in [5, 5.41) is 7.39. The summed E-state index contributed by atoms with van der Waals surface area (Å²) >= 11 is 0. The SMILES string of the molecule is CCc1ccc(CN2C(=O)NC(c3ccccc3)C(c3nc(-c4ccc(OC)cc4)no3)=C2C)cc1. The van der Waals surface area contributed by atoms with Gasteiger partial charge in [0.1, 0.15) is 5.75 Å². The highest BCUT2D eigenvalue weighted by Gasteiger charge is 2.35. The molecule has 7 heteroatoms. The van der Waals surface area contributed by atoms with E-state index in [1.807, 2.05) is 61.5 Å². The van der Waals surface area contributed by atoms with Crippen LogP contribution in [0, 0.1) is 0 Å². The maximum atomic E-state index is 13.3. The lowest BCUT2D eigenvalue weighted by Crippen LogP contribution is -2.45. The molecule has 2 amide bonds. The maximum Gasteiger partial charge on any atom is 0.322 e. The Hall–Kier alpha value is -4.39. The van der Waals surface area contributed by atoms with Gasteiger partial charge in [0.15, 0.2) is 0 Å². The molecule has 1 atom stereocenters. The van der Waals surface area contributed by atoms with Gasteiger partial charge in [-0.1, -0.05) is 66.7 Å². The highest BCUT2D eigenvalue weighted by Crippen LogP contribution is 2.38. The zero-order valence-electron chi connectivity index (χ0n) is 20.6. The standard InChI is InChI=1S/C29H28N4O3/c1-4-20-10-12-21(13-11-20)18-33-19(2)25(26(30-29(33)34)22-8-6-5-7-9-22)28-31-27(32-36-28)23-14-16-24(35-3)17-15-23/h5-17,26H,4,18H2,1-3H3,(H,30,34). The summed E-state index contributed by atoms with van der Waals surface area (Å²) in [5.74, 6) is 1.60. The normalized spacial score (nSPS) is 15.7. The molecule has 0 spiro atoms. The fourth-order valence-corrected chi connectivity index (χ4v) is 4.40. The monoisotopic (exact) mass is 480 g/mol. The number of methoxy groups -OCH3 is 1. The minimum absolute atomic E-state index is 0.167. The summed E-state index contributed by atoms with van der Waals surface area (Å²) in [4.78, 5) is 19.7. The van der Waals surface area contributed by atoms with E-state index in [1.165, 1.54) is 5.56 Å². The van der Waals surface area contributed by atoms with Crippen LogP contribution in [-0.4, -0.2) is 28.2 Å². The Morgan fingerprint density at radius 1 is 0.972 bits per heavy atom. The minimum Gasteiger partial charge on any atom is -0.497 e. The molecule has 0 fully saturated rings. The van der Waals surface area contributed by atoms with Crippen LogP contribution in [0.4, 0.5) is 4.79 Å². The first-order valence-electron chi connectivity index (χ1n) is 12.0. The van der Waals surface area contributed by atoms with Crippen molar-refractivity contribution in [3.8, 4) is 17.1 Å². The van der Waals surface area contributed by atoms with Gasteiger partial charge in [0, 0.05) is 11.3 Å². The maximum absolute atomic E-state index is 13.3. The van der Waals surface area contributed by atoms with E-state index < -0.39 is 6.04 Å². The second kappa shape index (κ2) is 10.1. The summed E-state index contributed by atoms with van der Waals surface area (Å²) in [6, 6.07) is 25.1. The van der Waals surface area contributed by atoms with Gasteiger partial charge in [0.2, 0.25) is 5.82 Å². The van der Waals surface area contributed by atoms with Crippen molar-refractivity contribution < 1.29 is 14.1 Å². The molecule has 1 aliphatic heterocycles. The van der Waals surface area contributed by atoms with E-state index in [2.05, 4.69) is 41.7 Å². The number of benzene rings is 3. The van der Waals surface area contributed by atoms with Gasteiger partial charge in [-0.15, -0.1) is 0 Å². The number of carbonyl (C=O) groups is 1. The van der Waals surface area contributed by atoms with Gasteiger partial charge in [-0.05, 0) is 54.3 Å². The largest absolute Gasteiger partial charge is 0.497 e. The first kappa shape index (κ1) is 23.4. The third-order valence-electron chi connectivity index (χ3n) is 6.51. The third kappa shape index (κ3) is 4.60. The van der Waals surface area contributed by atoms with Crippen LogP contribution >= 0.6 is 0 Å². The van der Waals surface area contributed by atoms with E-state index in [-0.39, 0.29) is 6.03 Å². The summed E-state index contributed by atoms with van der Waals surface area (Å²) in [6.07, 6.45) is 0.972. The molecule has 0 radical (unpaired) electrons. The molecule has 0 saturated carbocycles. The molecule has 182 valence electrons. The van der Waals surface area contributed by atoms with Crippen LogP contribution in [-0.2, 0) is 13.0 Å². The van der Waals surface area contributed by atoms with Crippen molar-refractivity contribution in [2.45, 2.75) is 32.9 Å². The Balaban J connectivity index is 1.55. The fraction of sp³-hybridized carbons (Fsp3) is 0.207. The molecule has 5 rings (SSSR count). The second-order valence-corrected chi connectivity index (χ2v) is 8.70. The van der Waals surface area contributed by atoms with Crippen molar-refractivity contribution in [3.05, 3.63) is 107 Å². The van der Waals surface area contributed by atoms with Crippen LogP contribution in [0.5, 0.6) is 5.75 Å². The summed E-state index contributed by atoms with van der Waals surface area (Å²) in [6.45, 7) is 4.49. The number of aromatic nitrogens is 2.